The Bertz CT molecular complexity index is 279. The molecule has 0 N–H and O–H groups in total. The third-order valence-electron chi connectivity index (χ3n) is 2.96. The molecule has 0 aliphatic rings. The molecule has 0 saturated heterocycles. The zero-order valence-corrected chi connectivity index (χ0v) is 9.65. The van der Waals surface area contributed by atoms with Crippen molar-refractivity contribution in [3.63, 3.8) is 0 Å². The normalized spacial score (nSPS) is 14.5. The molecule has 1 rings (SSSR count). The third-order valence-corrected chi connectivity index (χ3v) is 2.96. The molecule has 0 aliphatic heterocycles. The van der Waals surface area contributed by atoms with E-state index >= 15 is 0 Å². The van der Waals surface area contributed by atoms with Gasteiger partial charge in [0.2, 0.25) is 0 Å². The minimum absolute atomic E-state index is 0.522. The highest BCUT2D eigenvalue weighted by molar-refractivity contribution is 5.49. The standard InChI is InChI=1S/C14H20O/c1-12(10-11-15)8-9-13(2)14-6-4-3-5-7-14/h3-7,11-13H,8-10H2,1-2H3. The Balaban J connectivity index is 2.36. The summed E-state index contributed by atoms with van der Waals surface area (Å²) in [5, 5.41) is 0. The minimum atomic E-state index is 0.522. The van der Waals surface area contributed by atoms with Crippen molar-refractivity contribution >= 4 is 6.29 Å². The van der Waals surface area contributed by atoms with Gasteiger partial charge < -0.3 is 4.79 Å². The van der Waals surface area contributed by atoms with Gasteiger partial charge in [-0.3, -0.25) is 0 Å². The first-order valence-electron chi connectivity index (χ1n) is 5.72. The lowest BCUT2D eigenvalue weighted by Gasteiger charge is -2.14. The molecule has 1 nitrogen and oxygen atoms in total. The van der Waals surface area contributed by atoms with Gasteiger partial charge >= 0.3 is 0 Å². The van der Waals surface area contributed by atoms with Gasteiger partial charge in [0.1, 0.15) is 6.29 Å². The largest absolute Gasteiger partial charge is 0.303 e. The highest BCUT2D eigenvalue weighted by Gasteiger charge is 2.07. The number of benzene rings is 1. The topological polar surface area (TPSA) is 17.1 Å². The molecule has 0 amide bonds. The molecule has 0 bridgehead atoms. The Morgan fingerprint density at radius 2 is 1.80 bits per heavy atom. The van der Waals surface area contributed by atoms with E-state index in [9.17, 15) is 4.79 Å². The number of hydrogen-bond acceptors (Lipinski definition) is 1. The zero-order valence-electron chi connectivity index (χ0n) is 9.65. The maximum atomic E-state index is 10.3. The Morgan fingerprint density at radius 1 is 1.13 bits per heavy atom. The van der Waals surface area contributed by atoms with Crippen LogP contribution < -0.4 is 0 Å². The summed E-state index contributed by atoms with van der Waals surface area (Å²) in [6.07, 6.45) is 4.02. The zero-order chi connectivity index (χ0) is 11.1. The summed E-state index contributed by atoms with van der Waals surface area (Å²) in [7, 11) is 0. The van der Waals surface area contributed by atoms with Gasteiger partial charge in [-0.2, -0.15) is 0 Å². The Labute approximate surface area is 92.5 Å². The van der Waals surface area contributed by atoms with Gasteiger partial charge in [0.15, 0.2) is 0 Å². The molecule has 82 valence electrons. The van der Waals surface area contributed by atoms with Crippen molar-refractivity contribution in [3.05, 3.63) is 35.9 Å². The van der Waals surface area contributed by atoms with E-state index in [-0.39, 0.29) is 0 Å². The fourth-order valence-corrected chi connectivity index (χ4v) is 1.76. The van der Waals surface area contributed by atoms with Crippen molar-refractivity contribution in [1.29, 1.82) is 0 Å². The maximum Gasteiger partial charge on any atom is 0.120 e. The highest BCUT2D eigenvalue weighted by Crippen LogP contribution is 2.23. The third kappa shape index (κ3) is 4.28. The average molecular weight is 204 g/mol. The molecule has 1 aromatic carbocycles. The molecule has 0 fully saturated rings. The second-order valence-corrected chi connectivity index (χ2v) is 4.40. The van der Waals surface area contributed by atoms with Gasteiger partial charge in [-0.15, -0.1) is 0 Å². The van der Waals surface area contributed by atoms with E-state index in [4.69, 9.17) is 0 Å². The van der Waals surface area contributed by atoms with Crippen LogP contribution in [0.15, 0.2) is 30.3 Å². The number of carbonyl (C=O) groups excluding carboxylic acids is 1. The Morgan fingerprint density at radius 3 is 2.40 bits per heavy atom. The lowest BCUT2D eigenvalue weighted by Crippen LogP contribution is -2.00. The van der Waals surface area contributed by atoms with Crippen LogP contribution in [0.25, 0.3) is 0 Å². The summed E-state index contributed by atoms with van der Waals surface area (Å²) in [6, 6.07) is 10.6. The first kappa shape index (κ1) is 12.0. The van der Waals surface area contributed by atoms with Crippen LogP contribution in [0, 0.1) is 5.92 Å². The average Bonchev–Trinajstić information content (AvgIpc) is 2.27. The van der Waals surface area contributed by atoms with Crippen LogP contribution in [0.4, 0.5) is 0 Å². The van der Waals surface area contributed by atoms with Gasteiger partial charge in [-0.1, -0.05) is 44.2 Å². The molecule has 0 spiro atoms. The summed E-state index contributed by atoms with van der Waals surface area (Å²) in [6.45, 7) is 4.40. The van der Waals surface area contributed by atoms with E-state index in [1.165, 1.54) is 12.0 Å². The second-order valence-electron chi connectivity index (χ2n) is 4.40. The quantitative estimate of drug-likeness (QED) is 0.644. The second kappa shape index (κ2) is 6.39. The van der Waals surface area contributed by atoms with E-state index in [2.05, 4.69) is 38.1 Å². The molecule has 0 aliphatic carbocycles. The molecular formula is C14H20O. The van der Waals surface area contributed by atoms with Gasteiger partial charge in [0, 0.05) is 6.42 Å². The first-order valence-corrected chi connectivity index (χ1v) is 5.72. The first-order chi connectivity index (χ1) is 7.24. The van der Waals surface area contributed by atoms with Crippen LogP contribution in [-0.4, -0.2) is 6.29 Å². The molecule has 1 aromatic rings. The van der Waals surface area contributed by atoms with Crippen molar-refractivity contribution < 1.29 is 4.79 Å². The van der Waals surface area contributed by atoms with Gasteiger partial charge in [0.25, 0.3) is 0 Å². The summed E-state index contributed by atoms with van der Waals surface area (Å²) >= 11 is 0. The maximum absolute atomic E-state index is 10.3. The van der Waals surface area contributed by atoms with E-state index in [0.717, 1.165) is 12.7 Å². The van der Waals surface area contributed by atoms with Crippen LogP contribution in [0.1, 0.15) is 44.6 Å². The van der Waals surface area contributed by atoms with Crippen LogP contribution in [0.3, 0.4) is 0 Å². The number of carbonyl (C=O) groups is 1. The van der Waals surface area contributed by atoms with Gasteiger partial charge in [-0.05, 0) is 30.2 Å². The summed E-state index contributed by atoms with van der Waals surface area (Å²) in [5.41, 5.74) is 1.40. The number of rotatable bonds is 6. The Kier molecular flexibility index (Phi) is 5.09. The fourth-order valence-electron chi connectivity index (χ4n) is 1.76. The van der Waals surface area contributed by atoms with Crippen molar-refractivity contribution in [2.24, 2.45) is 5.92 Å². The minimum Gasteiger partial charge on any atom is -0.303 e. The smallest absolute Gasteiger partial charge is 0.120 e. The molecule has 2 atom stereocenters. The van der Waals surface area contributed by atoms with E-state index in [0.29, 0.717) is 18.3 Å². The van der Waals surface area contributed by atoms with Crippen LogP contribution in [-0.2, 0) is 4.79 Å². The SMILES string of the molecule is CC(CC=O)CCC(C)c1ccccc1. The predicted molar refractivity (Wildman–Crippen MR) is 63.9 cm³/mol. The van der Waals surface area contributed by atoms with E-state index < -0.39 is 0 Å². The molecule has 15 heavy (non-hydrogen) atoms. The predicted octanol–water partition coefficient (Wildman–Crippen LogP) is 3.80. The van der Waals surface area contributed by atoms with Gasteiger partial charge in [0.05, 0.1) is 0 Å². The van der Waals surface area contributed by atoms with Crippen LogP contribution in [0.5, 0.6) is 0 Å². The molecule has 0 radical (unpaired) electrons. The Hall–Kier alpha value is -1.11. The lowest BCUT2D eigenvalue weighted by atomic mass is 9.91. The molecule has 0 aromatic heterocycles. The fraction of sp³-hybridized carbons (Fsp3) is 0.500. The number of aldehydes is 1. The molecule has 2 unspecified atom stereocenters. The van der Waals surface area contributed by atoms with Crippen molar-refractivity contribution in [2.75, 3.05) is 0 Å². The van der Waals surface area contributed by atoms with Crippen LogP contribution >= 0.6 is 0 Å². The molecule has 0 saturated carbocycles. The van der Waals surface area contributed by atoms with Crippen molar-refractivity contribution in [1.82, 2.24) is 0 Å². The summed E-state index contributed by atoms with van der Waals surface area (Å²) in [4.78, 5) is 10.3. The number of hydrogen-bond donors (Lipinski definition) is 0. The molecule has 1 heteroatoms. The van der Waals surface area contributed by atoms with Crippen molar-refractivity contribution in [2.45, 2.75) is 39.0 Å². The highest BCUT2D eigenvalue weighted by atomic mass is 16.1. The van der Waals surface area contributed by atoms with Gasteiger partial charge in [-0.25, -0.2) is 0 Å². The lowest BCUT2D eigenvalue weighted by molar-refractivity contribution is -0.108. The molecule has 0 heterocycles. The van der Waals surface area contributed by atoms with Crippen LogP contribution in [0.2, 0.25) is 0 Å². The van der Waals surface area contributed by atoms with E-state index in [1.807, 2.05) is 6.07 Å². The van der Waals surface area contributed by atoms with Crippen molar-refractivity contribution in [3.8, 4) is 0 Å². The molecular weight excluding hydrogens is 184 g/mol. The van der Waals surface area contributed by atoms with E-state index in [1.54, 1.807) is 0 Å². The monoisotopic (exact) mass is 204 g/mol. The summed E-state index contributed by atoms with van der Waals surface area (Å²) in [5.74, 6) is 1.12. The summed E-state index contributed by atoms with van der Waals surface area (Å²) < 4.78 is 0.